The van der Waals surface area contributed by atoms with Crippen LogP contribution in [0.1, 0.15) is 58.3 Å². The maximum absolute atomic E-state index is 12.5. The summed E-state index contributed by atoms with van der Waals surface area (Å²) in [6, 6.07) is -0.152. The predicted octanol–water partition coefficient (Wildman–Crippen LogP) is 1.45. The molecule has 3 rings (SSSR count). The summed E-state index contributed by atoms with van der Waals surface area (Å²) in [6.07, 6.45) is 6.24. The largest absolute Gasteiger partial charge is 0.464 e. The average Bonchev–Trinajstić information content (AvgIpc) is 3.23. The Morgan fingerprint density at radius 1 is 1.24 bits per heavy atom. The van der Waals surface area contributed by atoms with E-state index in [0.29, 0.717) is 5.56 Å². The molecule has 0 unspecified atom stereocenters. The summed E-state index contributed by atoms with van der Waals surface area (Å²) < 4.78 is 13.6. The van der Waals surface area contributed by atoms with E-state index < -0.39 is 11.9 Å². The topological polar surface area (TPSA) is 101 Å². The van der Waals surface area contributed by atoms with Gasteiger partial charge in [-0.2, -0.15) is 5.10 Å². The molecule has 0 radical (unpaired) electrons. The number of aryl methyl sites for hydroxylation is 1. The lowest BCUT2D eigenvalue weighted by molar-refractivity contribution is 0.00165. The number of aromatic nitrogens is 5. The van der Waals surface area contributed by atoms with Crippen molar-refractivity contribution in [1.82, 2.24) is 24.8 Å². The first-order valence-corrected chi connectivity index (χ1v) is 8.21. The van der Waals surface area contributed by atoms with Gasteiger partial charge in [-0.25, -0.2) is 14.3 Å². The van der Waals surface area contributed by atoms with E-state index in [1.54, 1.807) is 16.4 Å². The third-order valence-electron chi connectivity index (χ3n) is 4.63. The van der Waals surface area contributed by atoms with E-state index in [9.17, 15) is 9.59 Å². The molecule has 0 bridgehead atoms. The van der Waals surface area contributed by atoms with Gasteiger partial charge in [-0.1, -0.05) is 11.6 Å². The van der Waals surface area contributed by atoms with E-state index in [2.05, 4.69) is 20.1 Å². The molecule has 1 aliphatic carbocycles. The van der Waals surface area contributed by atoms with Crippen molar-refractivity contribution in [1.29, 1.82) is 0 Å². The second-order valence-corrected chi connectivity index (χ2v) is 6.14. The van der Waals surface area contributed by atoms with Crippen LogP contribution in [0.15, 0.2) is 12.4 Å². The van der Waals surface area contributed by atoms with Gasteiger partial charge in [-0.05, 0) is 26.2 Å². The van der Waals surface area contributed by atoms with Gasteiger partial charge in [-0.15, -0.1) is 5.10 Å². The zero-order valence-electron chi connectivity index (χ0n) is 14.5. The highest BCUT2D eigenvalue weighted by molar-refractivity contribution is 5.90. The van der Waals surface area contributed by atoms with Crippen LogP contribution in [0.3, 0.4) is 0 Å². The fourth-order valence-corrected chi connectivity index (χ4v) is 3.05. The molecule has 2 heterocycles. The van der Waals surface area contributed by atoms with E-state index in [0.717, 1.165) is 31.4 Å². The zero-order chi connectivity index (χ0) is 18.0. The Balaban J connectivity index is 1.77. The normalized spacial score (nSPS) is 20.3. The third kappa shape index (κ3) is 3.40. The molecular weight excluding hydrogens is 326 g/mol. The van der Waals surface area contributed by atoms with E-state index in [4.69, 9.17) is 4.74 Å². The molecule has 0 saturated heterocycles. The number of hydrogen-bond donors (Lipinski definition) is 0. The molecule has 0 spiro atoms. The van der Waals surface area contributed by atoms with E-state index in [1.807, 2.05) is 6.92 Å². The Morgan fingerprint density at radius 3 is 2.68 bits per heavy atom. The molecule has 2 aromatic rings. The second-order valence-electron chi connectivity index (χ2n) is 6.14. The van der Waals surface area contributed by atoms with Gasteiger partial charge in [0, 0.05) is 12.7 Å². The Morgan fingerprint density at radius 2 is 2.00 bits per heavy atom. The highest BCUT2D eigenvalue weighted by Crippen LogP contribution is 2.31. The van der Waals surface area contributed by atoms with Crippen molar-refractivity contribution in [3.8, 4) is 0 Å². The zero-order valence-corrected chi connectivity index (χ0v) is 14.5. The number of esters is 2. The molecule has 1 saturated carbocycles. The van der Waals surface area contributed by atoms with E-state index >= 15 is 0 Å². The summed E-state index contributed by atoms with van der Waals surface area (Å²) in [5.74, 6) is -0.933. The maximum atomic E-state index is 12.5. The monoisotopic (exact) mass is 347 g/mol. The molecule has 25 heavy (non-hydrogen) atoms. The lowest BCUT2D eigenvalue weighted by Gasteiger charge is -2.30. The Bertz CT molecular complexity index is 781. The van der Waals surface area contributed by atoms with Gasteiger partial charge in [0.15, 0.2) is 5.69 Å². The van der Waals surface area contributed by atoms with Crippen molar-refractivity contribution in [3.63, 3.8) is 0 Å². The lowest BCUT2D eigenvalue weighted by atomic mass is 9.92. The van der Waals surface area contributed by atoms with Crippen LogP contribution in [-0.2, 0) is 16.5 Å². The highest BCUT2D eigenvalue weighted by atomic mass is 16.5. The minimum Gasteiger partial charge on any atom is -0.464 e. The number of carbonyl (C=O) groups is 2. The van der Waals surface area contributed by atoms with Crippen molar-refractivity contribution in [2.24, 2.45) is 7.05 Å². The van der Waals surface area contributed by atoms with Crippen molar-refractivity contribution in [2.75, 3.05) is 7.11 Å². The fourth-order valence-electron chi connectivity index (χ4n) is 3.05. The second kappa shape index (κ2) is 7.04. The summed E-state index contributed by atoms with van der Waals surface area (Å²) in [4.78, 5) is 24.0. The van der Waals surface area contributed by atoms with Gasteiger partial charge >= 0.3 is 11.9 Å². The van der Waals surface area contributed by atoms with Gasteiger partial charge in [0.25, 0.3) is 0 Å². The molecule has 2 atom stereocenters. The Labute approximate surface area is 144 Å². The maximum Gasteiger partial charge on any atom is 0.360 e. The molecule has 0 amide bonds. The van der Waals surface area contributed by atoms with Gasteiger partial charge in [0.1, 0.15) is 11.7 Å². The standard InChI is InChI=1S/C16H21N5O4/c1-10-11(8-17-20(10)2)15(22)25-14-7-5-4-6-13(14)21-9-12(18-19-21)16(23)24-3/h8-9,13-14H,4-7H2,1-3H3/t13-,14+/m0/s1. The third-order valence-corrected chi connectivity index (χ3v) is 4.63. The summed E-state index contributed by atoms with van der Waals surface area (Å²) in [6.45, 7) is 1.82. The molecule has 134 valence electrons. The van der Waals surface area contributed by atoms with Gasteiger partial charge < -0.3 is 9.47 Å². The first-order chi connectivity index (χ1) is 12.0. The highest BCUT2D eigenvalue weighted by Gasteiger charge is 2.32. The summed E-state index contributed by atoms with van der Waals surface area (Å²) in [7, 11) is 3.07. The summed E-state index contributed by atoms with van der Waals surface area (Å²) >= 11 is 0. The lowest BCUT2D eigenvalue weighted by Crippen LogP contribution is -2.32. The van der Waals surface area contributed by atoms with E-state index in [1.165, 1.54) is 19.5 Å². The van der Waals surface area contributed by atoms with Crippen LogP contribution in [0.4, 0.5) is 0 Å². The van der Waals surface area contributed by atoms with Crippen LogP contribution in [0, 0.1) is 6.92 Å². The van der Waals surface area contributed by atoms with Crippen molar-refractivity contribution in [2.45, 2.75) is 44.8 Å². The first-order valence-electron chi connectivity index (χ1n) is 8.21. The van der Waals surface area contributed by atoms with Gasteiger partial charge in [0.2, 0.25) is 0 Å². The average molecular weight is 347 g/mol. The van der Waals surface area contributed by atoms with Gasteiger partial charge in [0.05, 0.1) is 25.5 Å². The number of ether oxygens (including phenoxy) is 2. The summed E-state index contributed by atoms with van der Waals surface area (Å²) in [5.41, 5.74) is 1.35. The van der Waals surface area contributed by atoms with E-state index in [-0.39, 0.29) is 17.8 Å². The molecule has 2 aromatic heterocycles. The molecule has 0 aliphatic heterocycles. The number of rotatable bonds is 4. The molecule has 1 aliphatic rings. The molecule has 0 N–H and O–H groups in total. The smallest absolute Gasteiger partial charge is 0.360 e. The van der Waals surface area contributed by atoms with Gasteiger partial charge in [-0.3, -0.25) is 4.68 Å². The van der Waals surface area contributed by atoms with Crippen LogP contribution >= 0.6 is 0 Å². The number of methoxy groups -OCH3 is 1. The Kier molecular flexibility index (Phi) is 4.82. The SMILES string of the molecule is COC(=O)c1cn([C@H]2CCCC[C@H]2OC(=O)c2cnn(C)c2C)nn1. The molecule has 9 nitrogen and oxygen atoms in total. The predicted molar refractivity (Wildman–Crippen MR) is 86.0 cm³/mol. The van der Waals surface area contributed by atoms with Crippen molar-refractivity contribution < 1.29 is 19.1 Å². The van der Waals surface area contributed by atoms with Crippen LogP contribution in [-0.4, -0.2) is 49.9 Å². The Hall–Kier alpha value is -2.71. The summed E-state index contributed by atoms with van der Waals surface area (Å²) in [5, 5.41) is 11.9. The van der Waals surface area contributed by atoms with Crippen molar-refractivity contribution in [3.05, 3.63) is 29.3 Å². The number of nitrogens with zero attached hydrogens (tertiary/aromatic N) is 5. The molecular formula is C16H21N5O4. The molecule has 9 heteroatoms. The quantitative estimate of drug-likeness (QED) is 0.771. The van der Waals surface area contributed by atoms with Crippen LogP contribution in [0.2, 0.25) is 0 Å². The van der Waals surface area contributed by atoms with Crippen LogP contribution in [0.25, 0.3) is 0 Å². The number of carbonyl (C=O) groups excluding carboxylic acids is 2. The van der Waals surface area contributed by atoms with Crippen LogP contribution < -0.4 is 0 Å². The minimum absolute atomic E-state index is 0.140. The van der Waals surface area contributed by atoms with Crippen molar-refractivity contribution >= 4 is 11.9 Å². The number of hydrogen-bond acceptors (Lipinski definition) is 7. The first kappa shape index (κ1) is 17.1. The molecule has 0 aromatic carbocycles. The minimum atomic E-state index is -0.540. The molecule has 1 fully saturated rings. The fraction of sp³-hybridized carbons (Fsp3) is 0.562. The van der Waals surface area contributed by atoms with Crippen LogP contribution in [0.5, 0.6) is 0 Å².